The first kappa shape index (κ1) is 23.4. The van der Waals surface area contributed by atoms with E-state index in [2.05, 4.69) is 61.9 Å². The lowest BCUT2D eigenvalue weighted by Gasteiger charge is -2.59. The van der Waals surface area contributed by atoms with Crippen LogP contribution in [0.4, 0.5) is 0 Å². The molecule has 2 fully saturated rings. The summed E-state index contributed by atoms with van der Waals surface area (Å²) in [4.78, 5) is 4.87. The Hall–Kier alpha value is -2.95. The highest BCUT2D eigenvalue weighted by Crippen LogP contribution is 2.64. The van der Waals surface area contributed by atoms with E-state index >= 15 is 0 Å². The number of hydrogen-bond acceptors (Lipinski definition) is 4. The van der Waals surface area contributed by atoms with Crippen LogP contribution < -0.4 is 0 Å². The van der Waals surface area contributed by atoms with Gasteiger partial charge in [0.1, 0.15) is 18.0 Å². The van der Waals surface area contributed by atoms with Crippen molar-refractivity contribution in [2.24, 2.45) is 22.7 Å². The zero-order chi connectivity index (χ0) is 25.0. The first-order valence-electron chi connectivity index (χ1n) is 13.6. The average molecular weight is 483 g/mol. The fraction of sp³-hybridized carbons (Fsp3) is 0.516. The molecule has 3 aliphatic rings. The molecule has 0 bridgehead atoms. The molecule has 0 amide bonds. The summed E-state index contributed by atoms with van der Waals surface area (Å²) in [5.74, 6) is 2.96. The van der Waals surface area contributed by atoms with E-state index in [9.17, 15) is 0 Å². The third kappa shape index (κ3) is 3.79. The minimum absolute atomic E-state index is 0.0516. The monoisotopic (exact) mass is 482 g/mol. The summed E-state index contributed by atoms with van der Waals surface area (Å²) >= 11 is 0. The minimum atomic E-state index is -0.0516. The van der Waals surface area contributed by atoms with Crippen molar-refractivity contribution >= 4 is 0 Å². The van der Waals surface area contributed by atoms with E-state index in [1.807, 2.05) is 35.3 Å². The fourth-order valence-corrected chi connectivity index (χ4v) is 7.78. The van der Waals surface area contributed by atoms with Crippen LogP contribution in [0.2, 0.25) is 0 Å². The summed E-state index contributed by atoms with van der Waals surface area (Å²) in [6.07, 6.45) is 17.1. The molecule has 3 aliphatic carbocycles. The molecule has 0 radical (unpaired) electrons. The van der Waals surface area contributed by atoms with Crippen molar-refractivity contribution in [3.63, 3.8) is 0 Å². The molecule has 36 heavy (non-hydrogen) atoms. The van der Waals surface area contributed by atoms with Gasteiger partial charge in [0.2, 0.25) is 5.89 Å². The number of hydrogen-bond donors (Lipinski definition) is 0. The molecule has 1 aromatic carbocycles. The zero-order valence-electron chi connectivity index (χ0n) is 21.9. The number of nitrogens with zero attached hydrogens (tertiary/aromatic N) is 4. The molecule has 0 aliphatic heterocycles. The van der Waals surface area contributed by atoms with Crippen LogP contribution in [-0.2, 0) is 12.0 Å². The summed E-state index contributed by atoms with van der Waals surface area (Å²) in [5, 5.41) is 8.68. The predicted molar refractivity (Wildman–Crippen MR) is 142 cm³/mol. The van der Waals surface area contributed by atoms with E-state index in [-0.39, 0.29) is 10.8 Å². The summed E-state index contributed by atoms with van der Waals surface area (Å²) in [5.41, 5.74) is 4.12. The van der Waals surface area contributed by atoms with E-state index in [1.54, 1.807) is 5.57 Å². The molecular weight excluding hydrogens is 444 g/mol. The summed E-state index contributed by atoms with van der Waals surface area (Å²) in [7, 11) is 0. The van der Waals surface area contributed by atoms with Gasteiger partial charge in [-0.15, -0.1) is 11.7 Å². The number of aromatic nitrogens is 4. The highest BCUT2D eigenvalue weighted by Gasteiger charge is 2.57. The van der Waals surface area contributed by atoms with Crippen molar-refractivity contribution in [3.05, 3.63) is 78.7 Å². The van der Waals surface area contributed by atoms with Crippen LogP contribution in [0.25, 0.3) is 11.3 Å². The molecule has 2 heterocycles. The number of fused-ring (bicyclic) bond motifs is 3. The molecule has 3 aromatic rings. The second-order valence-electron chi connectivity index (χ2n) is 12.3. The Morgan fingerprint density at radius 1 is 1.14 bits per heavy atom. The van der Waals surface area contributed by atoms with E-state index in [1.165, 1.54) is 32.1 Å². The lowest BCUT2D eigenvalue weighted by atomic mass is 9.45. The molecule has 5 nitrogen and oxygen atoms in total. The van der Waals surface area contributed by atoms with Crippen molar-refractivity contribution in [2.45, 2.75) is 77.7 Å². The number of oxazole rings is 1. The highest BCUT2D eigenvalue weighted by molar-refractivity contribution is 5.57. The lowest BCUT2D eigenvalue weighted by molar-refractivity contribution is -0.0310. The van der Waals surface area contributed by atoms with E-state index in [4.69, 9.17) is 9.40 Å². The fourth-order valence-electron chi connectivity index (χ4n) is 7.78. The molecule has 0 N–H and O–H groups in total. The van der Waals surface area contributed by atoms with Gasteiger partial charge in [0.15, 0.2) is 0 Å². The number of rotatable bonds is 5. The lowest BCUT2D eigenvalue weighted by Crippen LogP contribution is -2.53. The van der Waals surface area contributed by atoms with Gasteiger partial charge in [-0.05, 0) is 61.2 Å². The molecular formula is C31H38N4O. The van der Waals surface area contributed by atoms with Crippen molar-refractivity contribution in [1.82, 2.24) is 20.0 Å². The van der Waals surface area contributed by atoms with Gasteiger partial charge in [0.25, 0.3) is 0 Å². The number of allylic oxidation sites excluding steroid dienone is 3. The Kier molecular flexibility index (Phi) is 5.58. The van der Waals surface area contributed by atoms with Gasteiger partial charge in [0.05, 0.1) is 12.4 Å². The molecule has 2 aromatic heterocycles. The molecule has 5 heteroatoms. The van der Waals surface area contributed by atoms with Crippen LogP contribution in [0.3, 0.4) is 0 Å². The smallest absolute Gasteiger partial charge is 0.200 e. The standard InChI is InChI=1S/C31H38N4O/c1-5-29(2)17-14-25-23(18-29)12-13-27-30(25,3)15-9-16-31(27,4)28-32-19-24(36-28)20-35-21-26(33-34-35)22-10-7-6-8-11-22/h5-8,10-12,19,21,25,27H,1,9,13-18,20H2,2-4H3/t25-,27+,29-,30+,31+/m0/s1. The largest absolute Gasteiger partial charge is 0.443 e. The van der Waals surface area contributed by atoms with Crippen LogP contribution >= 0.6 is 0 Å². The van der Waals surface area contributed by atoms with Crippen LogP contribution in [0.1, 0.15) is 77.4 Å². The molecule has 6 rings (SSSR count). The van der Waals surface area contributed by atoms with Gasteiger partial charge in [-0.3, -0.25) is 0 Å². The third-order valence-electron chi connectivity index (χ3n) is 9.91. The van der Waals surface area contributed by atoms with E-state index in [0.717, 1.165) is 35.7 Å². The quantitative estimate of drug-likeness (QED) is 0.356. The van der Waals surface area contributed by atoms with Crippen molar-refractivity contribution in [3.8, 4) is 11.3 Å². The van der Waals surface area contributed by atoms with E-state index in [0.29, 0.717) is 23.8 Å². The Morgan fingerprint density at radius 2 is 1.97 bits per heavy atom. The van der Waals surface area contributed by atoms with Crippen molar-refractivity contribution in [2.75, 3.05) is 0 Å². The number of benzene rings is 1. The van der Waals surface area contributed by atoms with Crippen molar-refractivity contribution < 1.29 is 4.42 Å². The van der Waals surface area contributed by atoms with Gasteiger partial charge in [-0.2, -0.15) is 0 Å². The molecule has 0 saturated heterocycles. The third-order valence-corrected chi connectivity index (χ3v) is 9.91. The van der Waals surface area contributed by atoms with Crippen molar-refractivity contribution in [1.29, 1.82) is 0 Å². The molecule has 0 unspecified atom stereocenters. The first-order chi connectivity index (χ1) is 17.3. The van der Waals surface area contributed by atoms with Gasteiger partial charge in [-0.1, -0.05) is 80.5 Å². The van der Waals surface area contributed by atoms with Crippen LogP contribution in [0.5, 0.6) is 0 Å². The topological polar surface area (TPSA) is 56.7 Å². The van der Waals surface area contributed by atoms with E-state index < -0.39 is 0 Å². The van der Waals surface area contributed by atoms with Gasteiger partial charge in [-0.25, -0.2) is 9.67 Å². The zero-order valence-corrected chi connectivity index (χ0v) is 21.9. The summed E-state index contributed by atoms with van der Waals surface area (Å²) < 4.78 is 8.33. The van der Waals surface area contributed by atoms with Gasteiger partial charge >= 0.3 is 0 Å². The normalized spacial score (nSPS) is 33.9. The minimum Gasteiger partial charge on any atom is -0.443 e. The first-order valence-corrected chi connectivity index (χ1v) is 13.6. The maximum absolute atomic E-state index is 6.49. The van der Waals surface area contributed by atoms with Crippen LogP contribution in [0, 0.1) is 22.7 Å². The second kappa shape index (κ2) is 8.57. The summed E-state index contributed by atoms with van der Waals surface area (Å²) in [6, 6.07) is 10.2. The molecule has 0 spiro atoms. The maximum atomic E-state index is 6.49. The summed E-state index contributed by atoms with van der Waals surface area (Å²) in [6.45, 7) is 12.0. The Bertz CT molecular complexity index is 1290. The van der Waals surface area contributed by atoms with Gasteiger partial charge < -0.3 is 4.42 Å². The predicted octanol–water partition coefficient (Wildman–Crippen LogP) is 7.37. The SMILES string of the molecule is C=C[C@@]1(C)CC[C@H]2C(=CC[C@@H]3[C@]2(C)CCC[C@@]3(C)c2ncc(Cn3cc(-c4ccccc4)nn3)o2)C1. The Balaban J connectivity index is 1.24. The highest BCUT2D eigenvalue weighted by atomic mass is 16.4. The van der Waals surface area contributed by atoms with Crippen LogP contribution in [0.15, 0.2) is 71.4 Å². The molecule has 2 saturated carbocycles. The average Bonchev–Trinajstić information content (AvgIpc) is 3.55. The molecule has 5 atom stereocenters. The van der Waals surface area contributed by atoms with Gasteiger partial charge in [0, 0.05) is 11.0 Å². The second-order valence-corrected chi connectivity index (χ2v) is 12.3. The molecule has 188 valence electrons. The maximum Gasteiger partial charge on any atom is 0.200 e. The van der Waals surface area contributed by atoms with Crippen LogP contribution in [-0.4, -0.2) is 20.0 Å². The Labute approximate surface area is 214 Å². The Morgan fingerprint density at radius 3 is 2.78 bits per heavy atom.